The highest BCUT2D eigenvalue weighted by atomic mass is 16.5. The monoisotopic (exact) mass is 264 g/mol. The molecule has 1 aromatic rings. The maximum absolute atomic E-state index is 11.8. The van der Waals surface area contributed by atoms with Crippen LogP contribution in [0.25, 0.3) is 0 Å². The number of benzene rings is 1. The van der Waals surface area contributed by atoms with E-state index in [0.29, 0.717) is 29.8 Å². The van der Waals surface area contributed by atoms with Crippen molar-refractivity contribution in [2.24, 2.45) is 11.8 Å². The second-order valence-electron chi connectivity index (χ2n) is 5.10. The Morgan fingerprint density at radius 3 is 2.58 bits per heavy atom. The van der Waals surface area contributed by atoms with E-state index in [2.05, 4.69) is 31.4 Å². The Balaban J connectivity index is 2.39. The molecule has 0 aliphatic rings. The van der Waals surface area contributed by atoms with E-state index in [1.54, 1.807) is 7.11 Å². The maximum Gasteiger partial charge on any atom is 0.238 e. The summed E-state index contributed by atoms with van der Waals surface area (Å²) in [5, 5.41) is 6.01. The van der Waals surface area contributed by atoms with E-state index >= 15 is 0 Å². The van der Waals surface area contributed by atoms with Crippen molar-refractivity contribution >= 4 is 11.6 Å². The van der Waals surface area contributed by atoms with E-state index in [4.69, 9.17) is 4.74 Å². The minimum Gasteiger partial charge on any atom is -0.495 e. The Morgan fingerprint density at radius 2 is 1.95 bits per heavy atom. The maximum atomic E-state index is 11.8. The number of para-hydroxylation sites is 2. The minimum absolute atomic E-state index is 0.0551. The lowest BCUT2D eigenvalue weighted by Crippen LogP contribution is -2.32. The molecule has 19 heavy (non-hydrogen) atoms. The SMILES string of the molecule is COc1ccccc1NC(=O)CNCC(C)C(C)C. The molecule has 0 spiro atoms. The summed E-state index contributed by atoms with van der Waals surface area (Å²) in [6.45, 7) is 7.70. The first kappa shape index (κ1) is 15.5. The van der Waals surface area contributed by atoms with E-state index in [-0.39, 0.29) is 5.91 Å². The third-order valence-electron chi connectivity index (χ3n) is 3.27. The van der Waals surface area contributed by atoms with Gasteiger partial charge in [-0.25, -0.2) is 0 Å². The number of ether oxygens (including phenoxy) is 1. The van der Waals surface area contributed by atoms with Crippen molar-refractivity contribution in [1.82, 2.24) is 5.32 Å². The van der Waals surface area contributed by atoms with Crippen LogP contribution in [0.1, 0.15) is 20.8 Å². The lowest BCUT2D eigenvalue weighted by Gasteiger charge is -2.16. The molecule has 0 aliphatic heterocycles. The molecule has 0 aliphatic carbocycles. The molecule has 106 valence electrons. The number of amides is 1. The Bertz CT molecular complexity index is 405. The Kier molecular flexibility index (Phi) is 6.36. The van der Waals surface area contributed by atoms with Crippen LogP contribution in [0.2, 0.25) is 0 Å². The van der Waals surface area contributed by atoms with Gasteiger partial charge in [0, 0.05) is 0 Å². The van der Waals surface area contributed by atoms with Gasteiger partial charge in [0.2, 0.25) is 5.91 Å². The third kappa shape index (κ3) is 5.30. The van der Waals surface area contributed by atoms with Crippen LogP contribution in [0, 0.1) is 11.8 Å². The van der Waals surface area contributed by atoms with Gasteiger partial charge in [-0.2, -0.15) is 0 Å². The van der Waals surface area contributed by atoms with Crippen LogP contribution in [0.15, 0.2) is 24.3 Å². The summed E-state index contributed by atoms with van der Waals surface area (Å²) in [6.07, 6.45) is 0. The summed E-state index contributed by atoms with van der Waals surface area (Å²) in [4.78, 5) is 11.8. The number of anilines is 1. The van der Waals surface area contributed by atoms with Crippen molar-refractivity contribution < 1.29 is 9.53 Å². The molecule has 0 radical (unpaired) electrons. The second kappa shape index (κ2) is 7.79. The number of hydrogen-bond acceptors (Lipinski definition) is 3. The molecular weight excluding hydrogens is 240 g/mol. The number of nitrogens with one attached hydrogen (secondary N) is 2. The average molecular weight is 264 g/mol. The van der Waals surface area contributed by atoms with Crippen molar-refractivity contribution in [1.29, 1.82) is 0 Å². The van der Waals surface area contributed by atoms with E-state index in [0.717, 1.165) is 6.54 Å². The van der Waals surface area contributed by atoms with Crippen LogP contribution >= 0.6 is 0 Å². The van der Waals surface area contributed by atoms with Crippen molar-refractivity contribution in [3.05, 3.63) is 24.3 Å². The lowest BCUT2D eigenvalue weighted by atomic mass is 9.98. The molecule has 1 atom stereocenters. The van der Waals surface area contributed by atoms with Crippen LogP contribution in [-0.2, 0) is 4.79 Å². The van der Waals surface area contributed by atoms with Crippen LogP contribution in [0.3, 0.4) is 0 Å². The van der Waals surface area contributed by atoms with Gasteiger partial charge in [0.15, 0.2) is 0 Å². The van der Waals surface area contributed by atoms with E-state index in [1.807, 2.05) is 24.3 Å². The zero-order chi connectivity index (χ0) is 14.3. The van der Waals surface area contributed by atoms with E-state index in [1.165, 1.54) is 0 Å². The molecule has 1 rings (SSSR count). The molecule has 0 saturated carbocycles. The van der Waals surface area contributed by atoms with Gasteiger partial charge >= 0.3 is 0 Å². The van der Waals surface area contributed by atoms with Gasteiger partial charge in [-0.3, -0.25) is 4.79 Å². The summed E-state index contributed by atoms with van der Waals surface area (Å²) < 4.78 is 5.19. The second-order valence-corrected chi connectivity index (χ2v) is 5.10. The standard InChI is InChI=1S/C15H24N2O2/c1-11(2)12(3)9-16-10-15(18)17-13-7-5-6-8-14(13)19-4/h5-8,11-12,16H,9-10H2,1-4H3,(H,17,18). The largest absolute Gasteiger partial charge is 0.495 e. The summed E-state index contributed by atoms with van der Waals surface area (Å²) in [6, 6.07) is 7.39. The quantitative estimate of drug-likeness (QED) is 0.795. The fraction of sp³-hybridized carbons (Fsp3) is 0.533. The smallest absolute Gasteiger partial charge is 0.238 e. The average Bonchev–Trinajstić information content (AvgIpc) is 2.39. The van der Waals surface area contributed by atoms with Crippen molar-refractivity contribution in [3.8, 4) is 5.75 Å². The number of carbonyl (C=O) groups excluding carboxylic acids is 1. The Morgan fingerprint density at radius 1 is 1.26 bits per heavy atom. The summed E-state index contributed by atoms with van der Waals surface area (Å²) in [7, 11) is 1.59. The summed E-state index contributed by atoms with van der Waals surface area (Å²) in [5.41, 5.74) is 0.703. The number of carbonyl (C=O) groups is 1. The molecule has 4 nitrogen and oxygen atoms in total. The van der Waals surface area contributed by atoms with Crippen LogP contribution in [0.4, 0.5) is 5.69 Å². The van der Waals surface area contributed by atoms with Gasteiger partial charge in [-0.05, 0) is 30.5 Å². The fourth-order valence-electron chi connectivity index (χ4n) is 1.59. The molecule has 2 N–H and O–H groups in total. The molecule has 0 aromatic heterocycles. The van der Waals surface area contributed by atoms with Gasteiger partial charge in [0.05, 0.1) is 19.3 Å². The van der Waals surface area contributed by atoms with E-state index in [9.17, 15) is 4.79 Å². The van der Waals surface area contributed by atoms with E-state index < -0.39 is 0 Å². The van der Waals surface area contributed by atoms with Crippen molar-refractivity contribution in [3.63, 3.8) is 0 Å². The number of methoxy groups -OCH3 is 1. The highest BCUT2D eigenvalue weighted by molar-refractivity contribution is 5.93. The van der Waals surface area contributed by atoms with Gasteiger partial charge < -0.3 is 15.4 Å². The normalized spacial score (nSPS) is 12.3. The molecule has 1 unspecified atom stereocenters. The lowest BCUT2D eigenvalue weighted by molar-refractivity contribution is -0.115. The molecule has 1 aromatic carbocycles. The number of rotatable bonds is 7. The molecule has 0 heterocycles. The first-order chi connectivity index (χ1) is 9.04. The molecule has 0 fully saturated rings. The molecule has 4 heteroatoms. The van der Waals surface area contributed by atoms with Gasteiger partial charge in [0.25, 0.3) is 0 Å². The first-order valence-corrected chi connectivity index (χ1v) is 6.68. The van der Waals surface area contributed by atoms with Crippen molar-refractivity contribution in [2.75, 3.05) is 25.5 Å². The van der Waals surface area contributed by atoms with Gasteiger partial charge in [-0.1, -0.05) is 32.9 Å². The predicted octanol–water partition coefficient (Wildman–Crippen LogP) is 2.52. The van der Waals surface area contributed by atoms with Crippen LogP contribution < -0.4 is 15.4 Å². The summed E-state index contributed by atoms with van der Waals surface area (Å²) in [5.74, 6) is 1.79. The zero-order valence-electron chi connectivity index (χ0n) is 12.2. The highest BCUT2D eigenvalue weighted by Gasteiger charge is 2.09. The Hall–Kier alpha value is -1.55. The van der Waals surface area contributed by atoms with Crippen LogP contribution in [-0.4, -0.2) is 26.1 Å². The highest BCUT2D eigenvalue weighted by Crippen LogP contribution is 2.22. The number of hydrogen-bond donors (Lipinski definition) is 2. The topological polar surface area (TPSA) is 50.4 Å². The molecule has 1 amide bonds. The Labute approximate surface area is 115 Å². The van der Waals surface area contributed by atoms with Crippen LogP contribution in [0.5, 0.6) is 5.75 Å². The van der Waals surface area contributed by atoms with Gasteiger partial charge in [-0.15, -0.1) is 0 Å². The van der Waals surface area contributed by atoms with Gasteiger partial charge in [0.1, 0.15) is 5.75 Å². The molecule has 0 saturated heterocycles. The zero-order valence-corrected chi connectivity index (χ0v) is 12.2. The molecular formula is C15H24N2O2. The third-order valence-corrected chi connectivity index (χ3v) is 3.27. The minimum atomic E-state index is -0.0551. The fourth-order valence-corrected chi connectivity index (χ4v) is 1.59. The molecule has 0 bridgehead atoms. The van der Waals surface area contributed by atoms with Crippen molar-refractivity contribution in [2.45, 2.75) is 20.8 Å². The first-order valence-electron chi connectivity index (χ1n) is 6.68. The predicted molar refractivity (Wildman–Crippen MR) is 78.5 cm³/mol. The summed E-state index contributed by atoms with van der Waals surface area (Å²) >= 11 is 0.